The van der Waals surface area contributed by atoms with Crippen LogP contribution >= 0.6 is 0 Å². The van der Waals surface area contributed by atoms with Crippen molar-refractivity contribution in [3.8, 4) is 0 Å². The Kier molecular flexibility index (Phi) is 6.07. The predicted molar refractivity (Wildman–Crippen MR) is 95.0 cm³/mol. The van der Waals surface area contributed by atoms with Gasteiger partial charge in [0.15, 0.2) is 5.96 Å². The predicted octanol–water partition coefficient (Wildman–Crippen LogP) is 2.14. The number of rotatable bonds is 7. The van der Waals surface area contributed by atoms with Crippen molar-refractivity contribution in [1.82, 2.24) is 10.6 Å². The molecule has 0 amide bonds. The Hall–Kier alpha value is -1.89. The highest BCUT2D eigenvalue weighted by Gasteiger charge is 2.25. The van der Waals surface area contributed by atoms with Crippen molar-refractivity contribution in [2.45, 2.75) is 25.3 Å². The summed E-state index contributed by atoms with van der Waals surface area (Å²) in [5.41, 5.74) is 0.446. The topological polar surface area (TPSA) is 48.9 Å². The van der Waals surface area contributed by atoms with Gasteiger partial charge in [-0.2, -0.15) is 0 Å². The summed E-state index contributed by atoms with van der Waals surface area (Å²) in [7, 11) is 1.73. The number of aliphatic imine (C=N–C) groups is 1. The fourth-order valence-corrected chi connectivity index (χ4v) is 3.00. The Morgan fingerprint density at radius 1 is 1.32 bits per heavy atom. The van der Waals surface area contributed by atoms with Gasteiger partial charge in [0.2, 0.25) is 0 Å². The second kappa shape index (κ2) is 8.47. The van der Waals surface area contributed by atoms with Crippen LogP contribution in [0, 0.1) is 17.6 Å². The molecule has 2 aliphatic rings. The monoisotopic (exact) mass is 352 g/mol. The summed E-state index contributed by atoms with van der Waals surface area (Å²) < 4.78 is 32.5. The third-order valence-electron chi connectivity index (χ3n) is 4.59. The number of guanidine groups is 1. The number of anilines is 1. The van der Waals surface area contributed by atoms with E-state index >= 15 is 0 Å². The van der Waals surface area contributed by atoms with Crippen LogP contribution in [0.15, 0.2) is 23.2 Å². The van der Waals surface area contributed by atoms with E-state index in [9.17, 15) is 8.78 Å². The zero-order valence-corrected chi connectivity index (χ0v) is 14.6. The highest BCUT2D eigenvalue weighted by Crippen LogP contribution is 2.28. The molecule has 2 fully saturated rings. The molecule has 3 rings (SSSR count). The maximum atomic E-state index is 13.9. The molecule has 1 aliphatic heterocycles. The van der Waals surface area contributed by atoms with Gasteiger partial charge in [0.05, 0.1) is 12.3 Å². The number of ether oxygens (including phenoxy) is 1. The first-order valence-corrected chi connectivity index (χ1v) is 8.90. The molecule has 1 atom stereocenters. The minimum atomic E-state index is -0.552. The number of nitrogens with zero attached hydrogens (tertiary/aromatic N) is 2. The van der Waals surface area contributed by atoms with Crippen molar-refractivity contribution in [3.63, 3.8) is 0 Å². The Labute approximate surface area is 147 Å². The molecule has 5 nitrogen and oxygen atoms in total. The molecule has 1 saturated carbocycles. The lowest BCUT2D eigenvalue weighted by molar-refractivity contribution is 0.129. The first-order valence-electron chi connectivity index (χ1n) is 8.90. The molecule has 1 aromatic carbocycles. The van der Waals surface area contributed by atoms with Crippen molar-refractivity contribution in [3.05, 3.63) is 29.8 Å². The Morgan fingerprint density at radius 2 is 2.16 bits per heavy atom. The highest BCUT2D eigenvalue weighted by atomic mass is 19.1. The lowest BCUT2D eigenvalue weighted by Gasteiger charge is -2.21. The van der Waals surface area contributed by atoms with Crippen molar-refractivity contribution in [2.24, 2.45) is 10.9 Å². The largest absolute Gasteiger partial charge is 0.379 e. The molecule has 25 heavy (non-hydrogen) atoms. The molecule has 138 valence electrons. The van der Waals surface area contributed by atoms with Crippen LogP contribution in [-0.2, 0) is 4.74 Å². The fourth-order valence-electron chi connectivity index (χ4n) is 3.00. The van der Waals surface area contributed by atoms with Gasteiger partial charge in [-0.1, -0.05) is 0 Å². The number of benzene rings is 1. The third kappa shape index (κ3) is 5.29. The van der Waals surface area contributed by atoms with Crippen molar-refractivity contribution in [1.29, 1.82) is 0 Å². The van der Waals surface area contributed by atoms with Crippen LogP contribution in [0.1, 0.15) is 19.3 Å². The average molecular weight is 352 g/mol. The molecule has 1 heterocycles. The van der Waals surface area contributed by atoms with Crippen LogP contribution in [0.2, 0.25) is 0 Å². The molecule has 0 spiro atoms. The summed E-state index contributed by atoms with van der Waals surface area (Å²) in [6, 6.07) is 3.89. The van der Waals surface area contributed by atoms with Gasteiger partial charge in [-0.25, -0.2) is 8.78 Å². The summed E-state index contributed by atoms with van der Waals surface area (Å²) in [5, 5.41) is 6.59. The lowest BCUT2D eigenvalue weighted by Crippen LogP contribution is -2.45. The van der Waals surface area contributed by atoms with E-state index in [1.165, 1.54) is 25.0 Å². The van der Waals surface area contributed by atoms with E-state index in [-0.39, 0.29) is 6.04 Å². The zero-order valence-electron chi connectivity index (χ0n) is 14.6. The molecular weight excluding hydrogens is 326 g/mol. The molecular formula is C18H26F2N4O. The van der Waals surface area contributed by atoms with Crippen LogP contribution in [0.25, 0.3) is 0 Å². The number of hydrogen-bond acceptors (Lipinski definition) is 3. The first kappa shape index (κ1) is 17.9. The second-order valence-electron chi connectivity index (χ2n) is 6.69. The van der Waals surface area contributed by atoms with Crippen LogP contribution in [-0.4, -0.2) is 51.9 Å². The standard InChI is InChI=1S/C18H26F2N4O/c1-21-18(22-7-9-25-12-13-2-3-13)23-15-6-8-24(11-15)17-5-4-14(19)10-16(17)20/h4-5,10,13,15H,2-3,6-9,11-12H2,1H3,(H2,21,22,23). The summed E-state index contributed by atoms with van der Waals surface area (Å²) in [4.78, 5) is 6.15. The summed E-state index contributed by atoms with van der Waals surface area (Å²) in [5.74, 6) is 0.426. The molecule has 0 bridgehead atoms. The van der Waals surface area contributed by atoms with E-state index in [1.54, 1.807) is 7.05 Å². The van der Waals surface area contributed by atoms with Gasteiger partial charge in [-0.15, -0.1) is 0 Å². The molecule has 1 unspecified atom stereocenters. The zero-order chi connectivity index (χ0) is 17.6. The van der Waals surface area contributed by atoms with E-state index in [0.717, 1.165) is 37.5 Å². The maximum Gasteiger partial charge on any atom is 0.191 e. The molecule has 1 aromatic rings. The molecule has 1 aliphatic carbocycles. The minimum absolute atomic E-state index is 0.169. The van der Waals surface area contributed by atoms with Crippen molar-refractivity contribution in [2.75, 3.05) is 44.8 Å². The van der Waals surface area contributed by atoms with Gasteiger partial charge in [0, 0.05) is 45.4 Å². The molecule has 0 aromatic heterocycles. The molecule has 0 radical (unpaired) electrons. The Bertz CT molecular complexity index is 607. The van der Waals surface area contributed by atoms with Gasteiger partial charge < -0.3 is 20.3 Å². The van der Waals surface area contributed by atoms with Crippen molar-refractivity contribution >= 4 is 11.6 Å². The van der Waals surface area contributed by atoms with Gasteiger partial charge in [0.1, 0.15) is 11.6 Å². The fraction of sp³-hybridized carbons (Fsp3) is 0.611. The van der Waals surface area contributed by atoms with Crippen LogP contribution in [0.4, 0.5) is 14.5 Å². The maximum absolute atomic E-state index is 13.9. The molecule has 2 N–H and O–H groups in total. The molecule has 1 saturated heterocycles. The second-order valence-corrected chi connectivity index (χ2v) is 6.69. The summed E-state index contributed by atoms with van der Waals surface area (Å²) in [6.07, 6.45) is 3.46. The van der Waals surface area contributed by atoms with E-state index in [0.29, 0.717) is 25.4 Å². The number of hydrogen-bond donors (Lipinski definition) is 2. The van der Waals surface area contributed by atoms with Crippen LogP contribution in [0.5, 0.6) is 0 Å². The smallest absolute Gasteiger partial charge is 0.191 e. The van der Waals surface area contributed by atoms with Gasteiger partial charge >= 0.3 is 0 Å². The van der Waals surface area contributed by atoms with Crippen LogP contribution in [0.3, 0.4) is 0 Å². The van der Waals surface area contributed by atoms with Gasteiger partial charge in [-0.05, 0) is 37.3 Å². The quantitative estimate of drug-likeness (QED) is 0.448. The highest BCUT2D eigenvalue weighted by molar-refractivity contribution is 5.80. The number of halogens is 2. The van der Waals surface area contributed by atoms with Gasteiger partial charge in [0.25, 0.3) is 0 Å². The lowest BCUT2D eigenvalue weighted by atomic mass is 10.2. The summed E-state index contributed by atoms with van der Waals surface area (Å²) in [6.45, 7) is 3.60. The Balaban J connectivity index is 1.41. The van der Waals surface area contributed by atoms with E-state index in [1.807, 2.05) is 4.90 Å². The van der Waals surface area contributed by atoms with E-state index in [4.69, 9.17) is 4.74 Å². The first-order chi connectivity index (χ1) is 12.2. The third-order valence-corrected chi connectivity index (χ3v) is 4.59. The minimum Gasteiger partial charge on any atom is -0.379 e. The molecule has 7 heteroatoms. The normalized spacial score (nSPS) is 20.8. The van der Waals surface area contributed by atoms with E-state index < -0.39 is 11.6 Å². The number of nitrogens with one attached hydrogen (secondary N) is 2. The Morgan fingerprint density at radius 3 is 2.88 bits per heavy atom. The van der Waals surface area contributed by atoms with Gasteiger partial charge in [-0.3, -0.25) is 4.99 Å². The van der Waals surface area contributed by atoms with E-state index in [2.05, 4.69) is 15.6 Å². The summed E-state index contributed by atoms with van der Waals surface area (Å²) >= 11 is 0. The SMILES string of the molecule is CN=C(NCCOCC1CC1)NC1CCN(c2ccc(F)cc2F)C1. The van der Waals surface area contributed by atoms with Crippen LogP contribution < -0.4 is 15.5 Å². The average Bonchev–Trinajstić information content (AvgIpc) is 3.31. The van der Waals surface area contributed by atoms with Crippen molar-refractivity contribution < 1.29 is 13.5 Å².